The molecule has 1 aliphatic rings. The Morgan fingerprint density at radius 1 is 1.00 bits per heavy atom. The van der Waals surface area contributed by atoms with Gasteiger partial charge in [-0.1, -0.05) is 17.7 Å². The normalized spacial score (nSPS) is 12.0. The smallest absolute Gasteiger partial charge is 0.248 e. The van der Waals surface area contributed by atoms with Gasteiger partial charge in [0.1, 0.15) is 17.1 Å². The fourth-order valence-electron chi connectivity index (χ4n) is 5.04. The molecule has 0 saturated heterocycles. The van der Waals surface area contributed by atoms with E-state index in [1.165, 1.54) is 35.7 Å². The topological polar surface area (TPSA) is 168 Å². The van der Waals surface area contributed by atoms with Crippen LogP contribution in [0.3, 0.4) is 0 Å². The number of aromatic nitrogens is 6. The van der Waals surface area contributed by atoms with Crippen LogP contribution in [0.2, 0.25) is 5.15 Å². The molecule has 1 aliphatic carbocycles. The molecule has 214 valence electrons. The number of aldehydes is 1. The summed E-state index contributed by atoms with van der Waals surface area (Å²) < 4.78 is 3.70. The van der Waals surface area contributed by atoms with Crippen molar-refractivity contribution in [1.29, 1.82) is 0 Å². The van der Waals surface area contributed by atoms with E-state index >= 15 is 0 Å². The predicted octanol–water partition coefficient (Wildman–Crippen LogP) is 4.70. The van der Waals surface area contributed by atoms with Crippen LogP contribution in [0, 0.1) is 0 Å². The third kappa shape index (κ3) is 5.41. The Morgan fingerprint density at radius 2 is 1.84 bits per heavy atom. The number of hydrogen-bond donors (Lipinski definition) is 3. The Labute approximate surface area is 250 Å². The van der Waals surface area contributed by atoms with E-state index < -0.39 is 5.91 Å². The highest BCUT2D eigenvalue weighted by Gasteiger charge is 2.20. The van der Waals surface area contributed by atoms with Gasteiger partial charge in [-0.25, -0.2) is 19.6 Å². The number of rotatable bonds is 5. The number of phenols is 1. The molecule has 7 rings (SSSR count). The van der Waals surface area contributed by atoms with Crippen molar-refractivity contribution >= 4 is 40.8 Å². The van der Waals surface area contributed by atoms with Crippen molar-refractivity contribution in [1.82, 2.24) is 29.3 Å². The molecule has 4 aromatic heterocycles. The van der Waals surface area contributed by atoms with Gasteiger partial charge >= 0.3 is 0 Å². The standard InChI is InChI=1S/C23H18ClN7.C8H7NO3/c24-19-10-12-30(29-19)20-9-8-18-23(28-20)31(16-7-6-14-3-1-4-15(14)13-16)22(27-18)17-5-2-11-26-21(17)25;9-8(12)5-1-2-7(11)6(3-5)4-10/h2,5-13H,1,3-4H2,(H2,25,26);1-4,11H,(H2,9,12). The van der Waals surface area contributed by atoms with Crippen LogP contribution in [0.15, 0.2) is 79.1 Å². The number of nitrogens with two attached hydrogens (primary N) is 2. The number of fused-ring (bicyclic) bond motifs is 2. The average molecular weight is 593 g/mol. The number of benzene rings is 2. The number of hydrogen-bond acceptors (Lipinski definition) is 8. The van der Waals surface area contributed by atoms with Gasteiger partial charge in [-0.15, -0.1) is 0 Å². The SMILES string of the molecule is NC(=O)c1ccc(O)c(C=O)c1.Nc1ncccc1-c1nc2ccc(-n3ccc(Cl)n3)nc2n1-c1ccc2c(c1)CCC2. The van der Waals surface area contributed by atoms with Gasteiger partial charge in [0.05, 0.1) is 11.1 Å². The molecule has 43 heavy (non-hydrogen) atoms. The van der Waals surface area contributed by atoms with Gasteiger partial charge < -0.3 is 16.6 Å². The van der Waals surface area contributed by atoms with Crippen LogP contribution in [0.25, 0.3) is 34.1 Å². The Balaban J connectivity index is 0.000000232. The van der Waals surface area contributed by atoms with E-state index in [1.807, 2.05) is 24.3 Å². The van der Waals surface area contributed by atoms with Crippen LogP contribution < -0.4 is 11.5 Å². The molecule has 0 aliphatic heterocycles. The first-order chi connectivity index (χ1) is 20.8. The van der Waals surface area contributed by atoms with E-state index in [-0.39, 0.29) is 16.9 Å². The lowest BCUT2D eigenvalue weighted by molar-refractivity contribution is 0.1000. The van der Waals surface area contributed by atoms with E-state index in [4.69, 9.17) is 38.1 Å². The van der Waals surface area contributed by atoms with Gasteiger partial charge in [0, 0.05) is 23.6 Å². The van der Waals surface area contributed by atoms with Crippen molar-refractivity contribution < 1.29 is 14.7 Å². The summed E-state index contributed by atoms with van der Waals surface area (Å²) in [4.78, 5) is 34.9. The first-order valence-corrected chi connectivity index (χ1v) is 13.7. The summed E-state index contributed by atoms with van der Waals surface area (Å²) >= 11 is 6.01. The van der Waals surface area contributed by atoms with Crippen molar-refractivity contribution in [3.05, 3.63) is 107 Å². The Bertz CT molecular complexity index is 2020. The third-order valence-corrected chi connectivity index (χ3v) is 7.34. The van der Waals surface area contributed by atoms with Crippen LogP contribution in [-0.4, -0.2) is 46.6 Å². The van der Waals surface area contributed by atoms with Crippen LogP contribution in [-0.2, 0) is 12.8 Å². The fourth-order valence-corrected chi connectivity index (χ4v) is 5.17. The number of nitrogens with zero attached hydrogens (tertiary/aromatic N) is 6. The maximum Gasteiger partial charge on any atom is 0.248 e. The number of nitrogen functional groups attached to an aromatic ring is 1. The van der Waals surface area contributed by atoms with Crippen molar-refractivity contribution in [3.63, 3.8) is 0 Å². The van der Waals surface area contributed by atoms with E-state index in [2.05, 4.69) is 32.8 Å². The number of aryl methyl sites for hydroxylation is 2. The summed E-state index contributed by atoms with van der Waals surface area (Å²) in [6.07, 6.45) is 7.33. The number of imidazole rings is 1. The number of primary amides is 1. The van der Waals surface area contributed by atoms with Gasteiger partial charge in [-0.3, -0.25) is 14.2 Å². The average Bonchev–Trinajstić information content (AvgIpc) is 3.75. The van der Waals surface area contributed by atoms with Gasteiger partial charge in [-0.05, 0) is 91.1 Å². The Kier molecular flexibility index (Phi) is 7.31. The highest BCUT2D eigenvalue weighted by atomic mass is 35.5. The van der Waals surface area contributed by atoms with E-state index in [1.54, 1.807) is 23.1 Å². The minimum atomic E-state index is -0.627. The molecular weight excluding hydrogens is 568 g/mol. The third-order valence-electron chi connectivity index (χ3n) is 7.14. The molecule has 0 unspecified atom stereocenters. The molecule has 11 nitrogen and oxygen atoms in total. The van der Waals surface area contributed by atoms with E-state index in [0.29, 0.717) is 28.9 Å². The largest absolute Gasteiger partial charge is 0.507 e. The summed E-state index contributed by atoms with van der Waals surface area (Å²) in [7, 11) is 0. The van der Waals surface area contributed by atoms with Crippen molar-refractivity contribution in [2.45, 2.75) is 19.3 Å². The highest BCUT2D eigenvalue weighted by Crippen LogP contribution is 2.33. The lowest BCUT2D eigenvalue weighted by Gasteiger charge is -2.12. The molecule has 0 radical (unpaired) electrons. The van der Waals surface area contributed by atoms with Crippen LogP contribution in [0.4, 0.5) is 5.82 Å². The van der Waals surface area contributed by atoms with Crippen LogP contribution in [0.5, 0.6) is 5.75 Å². The summed E-state index contributed by atoms with van der Waals surface area (Å²) in [6.45, 7) is 0. The summed E-state index contributed by atoms with van der Waals surface area (Å²) in [6, 6.07) is 19.8. The number of halogens is 1. The first-order valence-electron chi connectivity index (χ1n) is 13.3. The lowest BCUT2D eigenvalue weighted by atomic mass is 10.1. The molecule has 0 spiro atoms. The van der Waals surface area contributed by atoms with Gasteiger partial charge in [0.15, 0.2) is 28.7 Å². The van der Waals surface area contributed by atoms with Crippen molar-refractivity contribution in [2.24, 2.45) is 5.73 Å². The van der Waals surface area contributed by atoms with Gasteiger partial charge in [0.25, 0.3) is 0 Å². The number of pyridine rings is 2. The predicted molar refractivity (Wildman–Crippen MR) is 163 cm³/mol. The minimum absolute atomic E-state index is 0.0614. The van der Waals surface area contributed by atoms with Crippen molar-refractivity contribution in [3.8, 4) is 28.6 Å². The number of carbonyl (C=O) groups is 2. The molecule has 12 heteroatoms. The monoisotopic (exact) mass is 592 g/mol. The van der Waals surface area contributed by atoms with Gasteiger partial charge in [0.2, 0.25) is 5.91 Å². The minimum Gasteiger partial charge on any atom is -0.507 e. The second kappa shape index (κ2) is 11.4. The second-order valence-corrected chi connectivity index (χ2v) is 10.3. The zero-order chi connectivity index (χ0) is 30.1. The molecule has 0 fully saturated rings. The quantitative estimate of drug-likeness (QED) is 0.242. The summed E-state index contributed by atoms with van der Waals surface area (Å²) in [5.74, 6) is 1.02. The molecule has 0 saturated carbocycles. The lowest BCUT2D eigenvalue weighted by Crippen LogP contribution is -2.10. The zero-order valence-electron chi connectivity index (χ0n) is 22.7. The Morgan fingerprint density at radius 3 is 2.58 bits per heavy atom. The van der Waals surface area contributed by atoms with Crippen LogP contribution >= 0.6 is 11.6 Å². The van der Waals surface area contributed by atoms with E-state index in [9.17, 15) is 9.59 Å². The van der Waals surface area contributed by atoms with Gasteiger partial charge in [-0.2, -0.15) is 5.10 Å². The molecule has 6 aromatic rings. The number of aromatic hydroxyl groups is 1. The zero-order valence-corrected chi connectivity index (χ0v) is 23.4. The second-order valence-electron chi connectivity index (χ2n) is 9.86. The Hall–Kier alpha value is -5.55. The van der Waals surface area contributed by atoms with Crippen LogP contribution in [0.1, 0.15) is 38.3 Å². The van der Waals surface area contributed by atoms with E-state index in [0.717, 1.165) is 35.3 Å². The number of carbonyl (C=O) groups excluding carboxylic acids is 2. The molecule has 1 amide bonds. The summed E-state index contributed by atoms with van der Waals surface area (Å²) in [5.41, 5.74) is 17.5. The fraction of sp³-hybridized carbons (Fsp3) is 0.0968. The first kappa shape index (κ1) is 27.6. The molecule has 2 aromatic carbocycles. The summed E-state index contributed by atoms with van der Waals surface area (Å²) in [5, 5.41) is 13.7. The maximum absolute atomic E-state index is 10.6. The van der Waals surface area contributed by atoms with Crippen molar-refractivity contribution in [2.75, 3.05) is 5.73 Å². The molecule has 5 N–H and O–H groups in total. The molecular formula is C31H25ClN8O3. The number of anilines is 1. The number of phenolic OH excluding ortho intramolecular Hbond substituents is 1. The molecule has 0 bridgehead atoms. The number of amides is 1. The molecule has 0 atom stereocenters. The maximum atomic E-state index is 10.6. The molecule has 4 heterocycles. The highest BCUT2D eigenvalue weighted by molar-refractivity contribution is 6.29.